The molecular formula is C13H17BrN2O2S3. The summed E-state index contributed by atoms with van der Waals surface area (Å²) in [6.07, 6.45) is 0. The third-order valence-corrected chi connectivity index (χ3v) is 8.44. The van der Waals surface area contributed by atoms with E-state index in [1.165, 1.54) is 15.6 Å². The number of sulfonamides is 1. The molecule has 116 valence electrons. The Morgan fingerprint density at radius 1 is 1.48 bits per heavy atom. The van der Waals surface area contributed by atoms with E-state index in [9.17, 15) is 8.42 Å². The van der Waals surface area contributed by atoms with Crippen LogP contribution in [0.1, 0.15) is 22.7 Å². The van der Waals surface area contributed by atoms with Gasteiger partial charge in [-0.2, -0.15) is 4.31 Å². The molecule has 2 heterocycles. The van der Waals surface area contributed by atoms with Gasteiger partial charge < -0.3 is 5.32 Å². The molecule has 0 amide bonds. The predicted octanol–water partition coefficient (Wildman–Crippen LogP) is 3.67. The molecule has 8 heteroatoms. The number of halogens is 1. The molecule has 0 fully saturated rings. The molecule has 0 bridgehead atoms. The number of hydrogen-bond donors (Lipinski definition) is 1. The van der Waals surface area contributed by atoms with Gasteiger partial charge in [-0.15, -0.1) is 22.7 Å². The van der Waals surface area contributed by atoms with Crippen LogP contribution in [0.5, 0.6) is 0 Å². The van der Waals surface area contributed by atoms with Crippen LogP contribution in [-0.4, -0.2) is 26.8 Å². The van der Waals surface area contributed by atoms with E-state index in [0.29, 0.717) is 15.2 Å². The third kappa shape index (κ3) is 3.57. The maximum atomic E-state index is 12.8. The molecule has 0 saturated carbocycles. The Hall–Kier alpha value is -0.250. The fourth-order valence-corrected chi connectivity index (χ4v) is 6.78. The van der Waals surface area contributed by atoms with E-state index in [0.717, 1.165) is 9.75 Å². The molecule has 1 atom stereocenters. The summed E-state index contributed by atoms with van der Waals surface area (Å²) in [5.74, 6) is 0. The Morgan fingerprint density at radius 2 is 2.19 bits per heavy atom. The van der Waals surface area contributed by atoms with Crippen LogP contribution in [0.3, 0.4) is 0 Å². The summed E-state index contributed by atoms with van der Waals surface area (Å²) in [6.45, 7) is 2.56. The van der Waals surface area contributed by atoms with Crippen LogP contribution in [-0.2, 0) is 16.6 Å². The lowest BCUT2D eigenvalue weighted by atomic mass is 10.3. The van der Waals surface area contributed by atoms with Crippen LogP contribution < -0.4 is 5.32 Å². The molecule has 2 rings (SSSR count). The van der Waals surface area contributed by atoms with Gasteiger partial charge in [0.2, 0.25) is 10.0 Å². The summed E-state index contributed by atoms with van der Waals surface area (Å²) in [7, 11) is -0.0500. The van der Waals surface area contributed by atoms with Crippen LogP contribution in [0.2, 0.25) is 0 Å². The maximum Gasteiger partial charge on any atom is 0.245 e. The molecule has 2 aromatic heterocycles. The minimum Gasteiger partial charge on any atom is -0.315 e. The lowest BCUT2D eigenvalue weighted by Crippen LogP contribution is -2.29. The van der Waals surface area contributed by atoms with Crippen LogP contribution >= 0.6 is 38.6 Å². The molecule has 0 aliphatic heterocycles. The molecule has 4 nitrogen and oxygen atoms in total. The normalized spacial score (nSPS) is 13.8. The first-order valence-electron chi connectivity index (χ1n) is 6.32. The number of thiophene rings is 2. The lowest BCUT2D eigenvalue weighted by molar-refractivity contribution is 0.403. The van der Waals surface area contributed by atoms with Gasteiger partial charge >= 0.3 is 0 Å². The van der Waals surface area contributed by atoms with Crippen molar-refractivity contribution in [3.8, 4) is 0 Å². The van der Waals surface area contributed by atoms with Crippen molar-refractivity contribution in [2.24, 2.45) is 0 Å². The van der Waals surface area contributed by atoms with E-state index >= 15 is 0 Å². The zero-order chi connectivity index (χ0) is 15.6. The SMILES string of the molecule is CNCc1cc(S(=O)(=O)N(C)C(C)c2cccs2)c(Br)s1. The molecule has 2 aromatic rings. The molecule has 0 radical (unpaired) electrons. The monoisotopic (exact) mass is 408 g/mol. The first kappa shape index (κ1) is 17.1. The van der Waals surface area contributed by atoms with Gasteiger partial charge in [0.25, 0.3) is 0 Å². The number of rotatable bonds is 6. The highest BCUT2D eigenvalue weighted by Crippen LogP contribution is 2.36. The van der Waals surface area contributed by atoms with E-state index in [1.807, 2.05) is 31.5 Å². The Labute approximate surface area is 142 Å². The maximum absolute atomic E-state index is 12.8. The van der Waals surface area contributed by atoms with Gasteiger partial charge in [-0.25, -0.2) is 8.42 Å². The quantitative estimate of drug-likeness (QED) is 0.792. The standard InChI is InChI=1S/C13H17BrN2O2S3/c1-9(11-5-4-6-19-11)16(3)21(17,18)12-7-10(8-15-2)20-13(12)14/h4-7,9,15H,8H2,1-3H3. The van der Waals surface area contributed by atoms with E-state index < -0.39 is 10.0 Å². The molecule has 1 N–H and O–H groups in total. The van der Waals surface area contributed by atoms with Crippen molar-refractivity contribution in [3.63, 3.8) is 0 Å². The van der Waals surface area contributed by atoms with Gasteiger partial charge in [-0.3, -0.25) is 0 Å². The smallest absolute Gasteiger partial charge is 0.245 e. The van der Waals surface area contributed by atoms with Crippen molar-refractivity contribution in [2.45, 2.75) is 24.4 Å². The highest BCUT2D eigenvalue weighted by molar-refractivity contribution is 9.11. The topological polar surface area (TPSA) is 49.4 Å². The molecular weight excluding hydrogens is 392 g/mol. The average molecular weight is 409 g/mol. The van der Waals surface area contributed by atoms with Gasteiger partial charge in [0, 0.05) is 23.3 Å². The molecule has 0 spiro atoms. The van der Waals surface area contributed by atoms with Gasteiger partial charge in [-0.1, -0.05) is 6.07 Å². The second-order valence-electron chi connectivity index (χ2n) is 4.59. The molecule has 1 unspecified atom stereocenters. The first-order valence-corrected chi connectivity index (χ1v) is 10.2. The molecule has 0 aliphatic carbocycles. The predicted molar refractivity (Wildman–Crippen MR) is 92.5 cm³/mol. The van der Waals surface area contributed by atoms with Crippen LogP contribution in [0.4, 0.5) is 0 Å². The first-order chi connectivity index (χ1) is 9.87. The molecule has 0 aromatic carbocycles. The Bertz CT molecular complexity index is 695. The number of nitrogens with one attached hydrogen (secondary N) is 1. The van der Waals surface area contributed by atoms with E-state index in [4.69, 9.17) is 0 Å². The molecule has 0 saturated heterocycles. The molecule has 21 heavy (non-hydrogen) atoms. The summed E-state index contributed by atoms with van der Waals surface area (Å²) >= 11 is 6.38. The fraction of sp³-hybridized carbons (Fsp3) is 0.385. The third-order valence-electron chi connectivity index (χ3n) is 3.21. The highest BCUT2D eigenvalue weighted by Gasteiger charge is 2.30. The van der Waals surface area contributed by atoms with E-state index in [-0.39, 0.29) is 6.04 Å². The van der Waals surface area contributed by atoms with Crippen LogP contribution in [0.15, 0.2) is 32.3 Å². The van der Waals surface area contributed by atoms with Crippen molar-refractivity contribution in [3.05, 3.63) is 37.1 Å². The summed E-state index contributed by atoms with van der Waals surface area (Å²) in [5, 5.41) is 4.99. The van der Waals surface area contributed by atoms with Gasteiger partial charge in [0.05, 0.1) is 9.83 Å². The summed E-state index contributed by atoms with van der Waals surface area (Å²) in [4.78, 5) is 2.35. The number of nitrogens with zero attached hydrogens (tertiary/aromatic N) is 1. The lowest BCUT2D eigenvalue weighted by Gasteiger charge is -2.23. The van der Waals surface area contributed by atoms with Crippen LogP contribution in [0.25, 0.3) is 0 Å². The Balaban J connectivity index is 2.33. The van der Waals surface area contributed by atoms with Gasteiger partial charge in [0.1, 0.15) is 4.90 Å². The van der Waals surface area contributed by atoms with Crippen molar-refractivity contribution in [1.29, 1.82) is 0 Å². The zero-order valence-corrected chi connectivity index (χ0v) is 16.0. The average Bonchev–Trinajstić information content (AvgIpc) is 3.07. The second kappa shape index (κ2) is 6.89. The van der Waals surface area contributed by atoms with E-state index in [1.54, 1.807) is 24.5 Å². The van der Waals surface area contributed by atoms with Crippen molar-refractivity contribution >= 4 is 48.6 Å². The summed E-state index contributed by atoms with van der Waals surface area (Å²) in [5.41, 5.74) is 0. The second-order valence-corrected chi connectivity index (χ2v) is 9.99. The summed E-state index contributed by atoms with van der Waals surface area (Å²) in [6, 6.07) is 5.44. The van der Waals surface area contributed by atoms with E-state index in [2.05, 4.69) is 21.2 Å². The van der Waals surface area contributed by atoms with Crippen molar-refractivity contribution in [1.82, 2.24) is 9.62 Å². The molecule has 0 aliphatic rings. The van der Waals surface area contributed by atoms with Gasteiger partial charge in [0.15, 0.2) is 0 Å². The van der Waals surface area contributed by atoms with Gasteiger partial charge in [-0.05, 0) is 47.4 Å². The minimum atomic E-state index is -3.52. The Morgan fingerprint density at radius 3 is 2.76 bits per heavy atom. The zero-order valence-electron chi connectivity index (χ0n) is 12.0. The summed E-state index contributed by atoms with van der Waals surface area (Å²) < 4.78 is 27.7. The van der Waals surface area contributed by atoms with Crippen molar-refractivity contribution in [2.75, 3.05) is 14.1 Å². The highest BCUT2D eigenvalue weighted by atomic mass is 79.9. The number of hydrogen-bond acceptors (Lipinski definition) is 5. The Kier molecular flexibility index (Phi) is 5.61. The van der Waals surface area contributed by atoms with Crippen LogP contribution in [0, 0.1) is 0 Å². The van der Waals surface area contributed by atoms with Crippen molar-refractivity contribution < 1.29 is 8.42 Å². The minimum absolute atomic E-state index is 0.186. The largest absolute Gasteiger partial charge is 0.315 e. The fourth-order valence-electron chi connectivity index (χ4n) is 1.91.